The molecule has 6 rings (SSSR count). The SMILES string of the molecule is O=C(N[C@@H](Cc1c[nH]c2ccccc12)C(=O)O)c1ccc2nc(C3CCCCC3)c(-c3ccccc3)nc2c1. The number of nitrogens with one attached hydrogen (secondary N) is 2. The van der Waals surface area contributed by atoms with Gasteiger partial charge in [-0.2, -0.15) is 0 Å². The van der Waals surface area contributed by atoms with E-state index in [1.54, 1.807) is 18.3 Å². The van der Waals surface area contributed by atoms with Crippen LogP contribution in [0, 0.1) is 0 Å². The molecule has 3 aromatic carbocycles. The van der Waals surface area contributed by atoms with E-state index < -0.39 is 17.9 Å². The number of carbonyl (C=O) groups is 2. The maximum atomic E-state index is 13.2. The van der Waals surface area contributed by atoms with Gasteiger partial charge in [-0.3, -0.25) is 4.79 Å². The van der Waals surface area contributed by atoms with Gasteiger partial charge in [0.05, 0.1) is 22.4 Å². The minimum Gasteiger partial charge on any atom is -0.480 e. The summed E-state index contributed by atoms with van der Waals surface area (Å²) in [7, 11) is 0. The molecule has 3 N–H and O–H groups in total. The monoisotopic (exact) mass is 518 g/mol. The fraction of sp³-hybridized carbons (Fsp3) is 0.250. The van der Waals surface area contributed by atoms with Crippen LogP contribution in [0.25, 0.3) is 33.2 Å². The zero-order valence-electron chi connectivity index (χ0n) is 21.6. The third kappa shape index (κ3) is 5.12. The summed E-state index contributed by atoms with van der Waals surface area (Å²) in [5, 5.41) is 13.5. The number of aromatic amines is 1. The van der Waals surface area contributed by atoms with E-state index in [0.717, 1.165) is 51.8 Å². The molecule has 0 saturated heterocycles. The molecule has 39 heavy (non-hydrogen) atoms. The van der Waals surface area contributed by atoms with E-state index in [1.165, 1.54) is 19.3 Å². The number of carboxylic acids is 1. The molecule has 0 unspecified atom stereocenters. The number of para-hydroxylation sites is 1. The summed E-state index contributed by atoms with van der Waals surface area (Å²) in [4.78, 5) is 38.5. The Bertz CT molecular complexity index is 1650. The fourth-order valence-electron chi connectivity index (χ4n) is 5.64. The summed E-state index contributed by atoms with van der Waals surface area (Å²) >= 11 is 0. The number of carboxylic acid groups (broad SMARTS) is 1. The van der Waals surface area contributed by atoms with Gasteiger partial charge < -0.3 is 15.4 Å². The molecule has 2 aromatic heterocycles. The van der Waals surface area contributed by atoms with Crippen LogP contribution in [-0.2, 0) is 11.2 Å². The molecule has 1 atom stereocenters. The smallest absolute Gasteiger partial charge is 0.326 e. The van der Waals surface area contributed by atoms with Gasteiger partial charge in [0, 0.05) is 40.6 Å². The highest BCUT2D eigenvalue weighted by molar-refractivity contribution is 5.99. The molecule has 1 amide bonds. The molecular weight excluding hydrogens is 488 g/mol. The van der Waals surface area contributed by atoms with Crippen LogP contribution in [0.3, 0.4) is 0 Å². The number of carbonyl (C=O) groups excluding carboxylic acids is 1. The van der Waals surface area contributed by atoms with Crippen molar-refractivity contribution in [3.05, 3.63) is 95.8 Å². The molecule has 1 saturated carbocycles. The van der Waals surface area contributed by atoms with Crippen LogP contribution in [0.5, 0.6) is 0 Å². The van der Waals surface area contributed by atoms with Gasteiger partial charge in [0.2, 0.25) is 0 Å². The molecule has 7 nitrogen and oxygen atoms in total. The third-order valence-electron chi connectivity index (χ3n) is 7.69. The van der Waals surface area contributed by atoms with Crippen LogP contribution >= 0.6 is 0 Å². The van der Waals surface area contributed by atoms with Crippen molar-refractivity contribution in [2.75, 3.05) is 0 Å². The maximum absolute atomic E-state index is 13.2. The number of hydrogen-bond acceptors (Lipinski definition) is 4. The summed E-state index contributed by atoms with van der Waals surface area (Å²) in [5.74, 6) is -1.17. The summed E-state index contributed by atoms with van der Waals surface area (Å²) in [6.07, 6.45) is 7.83. The number of hydrogen-bond donors (Lipinski definition) is 3. The molecule has 0 radical (unpaired) electrons. The molecule has 1 aliphatic rings. The molecule has 0 bridgehead atoms. The Kier molecular flexibility index (Phi) is 6.80. The fourth-order valence-corrected chi connectivity index (χ4v) is 5.64. The zero-order valence-corrected chi connectivity index (χ0v) is 21.6. The van der Waals surface area contributed by atoms with E-state index >= 15 is 0 Å². The quantitative estimate of drug-likeness (QED) is 0.236. The van der Waals surface area contributed by atoms with Crippen LogP contribution in [0.4, 0.5) is 0 Å². The van der Waals surface area contributed by atoms with Crippen LogP contribution in [0.2, 0.25) is 0 Å². The minimum absolute atomic E-state index is 0.168. The number of aromatic nitrogens is 3. The first-order valence-electron chi connectivity index (χ1n) is 13.5. The maximum Gasteiger partial charge on any atom is 0.326 e. The average molecular weight is 519 g/mol. The number of amides is 1. The Balaban J connectivity index is 1.31. The van der Waals surface area contributed by atoms with E-state index in [1.807, 2.05) is 60.7 Å². The molecule has 1 fully saturated rings. The standard InChI is InChI=1S/C32H30N4O3/c37-31(36-28(32(38)39)18-23-19-33-25-14-8-7-13-24(23)25)22-15-16-26-27(17-22)35-30(21-11-5-2-6-12-21)29(34-26)20-9-3-1-4-10-20/h2,5-8,11-17,19-20,28,33H,1,3-4,9-10,18H2,(H,36,37)(H,38,39)/t28-/m0/s1. The highest BCUT2D eigenvalue weighted by atomic mass is 16.4. The highest BCUT2D eigenvalue weighted by Gasteiger charge is 2.25. The van der Waals surface area contributed by atoms with Crippen molar-refractivity contribution in [2.24, 2.45) is 0 Å². The van der Waals surface area contributed by atoms with Gasteiger partial charge in [-0.1, -0.05) is 67.8 Å². The zero-order chi connectivity index (χ0) is 26.8. The van der Waals surface area contributed by atoms with Crippen molar-refractivity contribution in [1.29, 1.82) is 0 Å². The van der Waals surface area contributed by atoms with E-state index in [9.17, 15) is 14.7 Å². The third-order valence-corrected chi connectivity index (χ3v) is 7.69. The lowest BCUT2D eigenvalue weighted by atomic mass is 9.85. The molecule has 0 spiro atoms. The van der Waals surface area contributed by atoms with Gasteiger partial charge in [-0.05, 0) is 42.7 Å². The van der Waals surface area contributed by atoms with E-state index in [4.69, 9.17) is 9.97 Å². The Morgan fingerprint density at radius 2 is 1.69 bits per heavy atom. The summed E-state index contributed by atoms with van der Waals surface area (Å²) in [6.45, 7) is 0. The van der Waals surface area contributed by atoms with E-state index in [2.05, 4.69) is 10.3 Å². The average Bonchev–Trinajstić information content (AvgIpc) is 3.39. The largest absolute Gasteiger partial charge is 0.480 e. The van der Waals surface area contributed by atoms with Gasteiger partial charge in [0.25, 0.3) is 5.91 Å². The summed E-state index contributed by atoms with van der Waals surface area (Å²) in [5.41, 5.74) is 6.36. The predicted molar refractivity (Wildman–Crippen MR) is 152 cm³/mol. The first kappa shape index (κ1) is 24.8. The normalized spacial score (nSPS) is 14.9. The molecule has 5 aromatic rings. The highest BCUT2D eigenvalue weighted by Crippen LogP contribution is 2.37. The lowest BCUT2D eigenvalue weighted by Gasteiger charge is -2.23. The Morgan fingerprint density at radius 3 is 2.49 bits per heavy atom. The molecule has 7 heteroatoms. The second kappa shape index (κ2) is 10.7. The van der Waals surface area contributed by atoms with Crippen LogP contribution in [0.1, 0.15) is 59.6 Å². The minimum atomic E-state index is -1.09. The van der Waals surface area contributed by atoms with Crippen molar-refractivity contribution in [1.82, 2.24) is 20.3 Å². The van der Waals surface area contributed by atoms with Crippen molar-refractivity contribution in [3.63, 3.8) is 0 Å². The lowest BCUT2D eigenvalue weighted by molar-refractivity contribution is -0.139. The van der Waals surface area contributed by atoms with Crippen molar-refractivity contribution in [2.45, 2.75) is 50.5 Å². The lowest BCUT2D eigenvalue weighted by Crippen LogP contribution is -2.42. The van der Waals surface area contributed by atoms with Gasteiger partial charge >= 0.3 is 5.97 Å². The second-order valence-corrected chi connectivity index (χ2v) is 10.3. The molecule has 0 aliphatic heterocycles. The van der Waals surface area contributed by atoms with Crippen LogP contribution in [-0.4, -0.2) is 38.0 Å². The topological polar surface area (TPSA) is 108 Å². The number of rotatable bonds is 7. The Morgan fingerprint density at radius 1 is 0.923 bits per heavy atom. The van der Waals surface area contributed by atoms with E-state index in [-0.39, 0.29) is 6.42 Å². The van der Waals surface area contributed by atoms with Crippen molar-refractivity contribution in [3.8, 4) is 11.3 Å². The van der Waals surface area contributed by atoms with Crippen molar-refractivity contribution >= 4 is 33.8 Å². The predicted octanol–water partition coefficient (Wildman–Crippen LogP) is 6.25. The molecule has 2 heterocycles. The molecule has 196 valence electrons. The Hall–Kier alpha value is -4.52. The summed E-state index contributed by atoms with van der Waals surface area (Å²) < 4.78 is 0. The number of fused-ring (bicyclic) bond motifs is 2. The van der Waals surface area contributed by atoms with Gasteiger partial charge in [0.1, 0.15) is 6.04 Å². The van der Waals surface area contributed by atoms with Crippen molar-refractivity contribution < 1.29 is 14.7 Å². The number of aliphatic carboxylic acids is 1. The molecular formula is C32H30N4O3. The number of H-pyrrole nitrogens is 1. The second-order valence-electron chi connectivity index (χ2n) is 10.3. The number of nitrogens with zero attached hydrogens (tertiary/aromatic N) is 2. The summed E-state index contributed by atoms with van der Waals surface area (Å²) in [6, 6.07) is 21.9. The first-order valence-corrected chi connectivity index (χ1v) is 13.5. The van der Waals surface area contributed by atoms with Gasteiger partial charge in [-0.15, -0.1) is 0 Å². The van der Waals surface area contributed by atoms with E-state index in [0.29, 0.717) is 17.0 Å². The van der Waals surface area contributed by atoms with Crippen LogP contribution in [0.15, 0.2) is 79.0 Å². The van der Waals surface area contributed by atoms with Crippen LogP contribution < -0.4 is 5.32 Å². The molecule has 1 aliphatic carbocycles. The number of benzene rings is 3. The van der Waals surface area contributed by atoms with Gasteiger partial charge in [0.15, 0.2) is 0 Å². The van der Waals surface area contributed by atoms with Gasteiger partial charge in [-0.25, -0.2) is 14.8 Å². The first-order chi connectivity index (χ1) is 19.1. The Labute approximate surface area is 226 Å².